The van der Waals surface area contributed by atoms with Crippen LogP contribution in [0.5, 0.6) is 11.6 Å². The molecule has 4 rings (SSSR count). The quantitative estimate of drug-likeness (QED) is 0.552. The largest absolute Gasteiger partial charge is 0.481 e. The average molecular weight is 458 g/mol. The van der Waals surface area contributed by atoms with Crippen LogP contribution in [0.4, 0.5) is 5.95 Å². The molecule has 2 N–H and O–H groups in total. The summed E-state index contributed by atoms with van der Waals surface area (Å²) in [6.45, 7) is 0. The van der Waals surface area contributed by atoms with Gasteiger partial charge in [0.05, 0.1) is 17.8 Å². The molecule has 1 saturated carbocycles. The van der Waals surface area contributed by atoms with E-state index >= 15 is 0 Å². The first kappa shape index (κ1) is 21.8. The Bertz CT molecular complexity index is 1200. The summed E-state index contributed by atoms with van der Waals surface area (Å²) < 4.78 is 35.1. The van der Waals surface area contributed by atoms with Gasteiger partial charge in [0.15, 0.2) is 0 Å². The summed E-state index contributed by atoms with van der Waals surface area (Å²) in [5.74, 6) is -0.537. The molecule has 0 amide bonds. The van der Waals surface area contributed by atoms with Crippen LogP contribution in [-0.2, 0) is 21.9 Å². The van der Waals surface area contributed by atoms with Crippen LogP contribution < -0.4 is 9.46 Å². The number of carboxylic acids is 1. The number of hydrogen-bond acceptors (Lipinski definition) is 7. The van der Waals surface area contributed by atoms with Crippen LogP contribution in [0.1, 0.15) is 37.3 Å². The lowest BCUT2D eigenvalue weighted by molar-refractivity contribution is -0.142. The minimum Gasteiger partial charge on any atom is -0.481 e. The van der Waals surface area contributed by atoms with E-state index in [0.717, 1.165) is 0 Å². The molecule has 0 radical (unpaired) electrons. The van der Waals surface area contributed by atoms with Crippen LogP contribution in [-0.4, -0.2) is 39.2 Å². The lowest BCUT2D eigenvalue weighted by Gasteiger charge is -2.26. The Kier molecular flexibility index (Phi) is 6.08. The molecule has 2 heterocycles. The molecule has 0 bridgehead atoms. The molecule has 0 saturated heterocycles. The Balaban J connectivity index is 1.63. The molecule has 0 unspecified atom stereocenters. The topological polar surface area (TPSA) is 136 Å². The number of aliphatic carboxylic acids is 1. The molecule has 168 valence electrons. The second-order valence-electron chi connectivity index (χ2n) is 7.71. The highest BCUT2D eigenvalue weighted by atomic mass is 32.2. The first-order valence-corrected chi connectivity index (χ1v) is 11.6. The number of nitrogens with one attached hydrogen (secondary N) is 1. The Morgan fingerprint density at radius 1 is 1.16 bits per heavy atom. The molecule has 1 aromatic carbocycles. The fraction of sp³-hybridized carbons (Fsp3) is 0.333. The number of sulfonamides is 1. The first-order chi connectivity index (χ1) is 15.3. The summed E-state index contributed by atoms with van der Waals surface area (Å²) in [5.41, 5.74) is 0.610. The van der Waals surface area contributed by atoms with Crippen molar-refractivity contribution in [3.8, 4) is 11.6 Å². The monoisotopic (exact) mass is 457 g/mol. The number of carbonyl (C=O) groups is 1. The highest BCUT2D eigenvalue weighted by Gasteiger charge is 2.29. The highest BCUT2D eigenvalue weighted by molar-refractivity contribution is 7.92. The van der Waals surface area contributed by atoms with Gasteiger partial charge in [-0.2, -0.15) is 10.1 Å². The molecule has 32 heavy (non-hydrogen) atoms. The number of aryl methyl sites for hydroxylation is 1. The molecule has 0 aliphatic heterocycles. The molecule has 11 heteroatoms. The van der Waals surface area contributed by atoms with Crippen molar-refractivity contribution in [1.82, 2.24) is 19.7 Å². The van der Waals surface area contributed by atoms with Gasteiger partial charge in [-0.05, 0) is 37.8 Å². The number of nitrogens with zero attached hydrogens (tertiary/aromatic N) is 4. The number of hydrogen-bond donors (Lipinski definition) is 2. The van der Waals surface area contributed by atoms with E-state index in [1.807, 2.05) is 18.2 Å². The molecular weight excluding hydrogens is 434 g/mol. The molecule has 1 aliphatic rings. The molecule has 0 atom stereocenters. The van der Waals surface area contributed by atoms with Crippen molar-refractivity contribution in [3.63, 3.8) is 0 Å². The zero-order chi connectivity index (χ0) is 22.7. The van der Waals surface area contributed by atoms with Crippen LogP contribution in [0.2, 0.25) is 0 Å². The molecule has 1 fully saturated rings. The predicted octanol–water partition coefficient (Wildman–Crippen LogP) is 3.16. The second-order valence-corrected chi connectivity index (χ2v) is 9.39. The van der Waals surface area contributed by atoms with Crippen LogP contribution in [0.25, 0.3) is 0 Å². The smallest absolute Gasteiger partial charge is 0.306 e. The predicted molar refractivity (Wildman–Crippen MR) is 115 cm³/mol. The lowest BCUT2D eigenvalue weighted by Crippen LogP contribution is -2.21. The minimum atomic E-state index is -3.94. The van der Waals surface area contributed by atoms with Crippen molar-refractivity contribution < 1.29 is 23.1 Å². The van der Waals surface area contributed by atoms with Crippen molar-refractivity contribution in [2.75, 3.05) is 4.72 Å². The lowest BCUT2D eigenvalue weighted by atomic mass is 9.80. The molecule has 1 aliphatic carbocycles. The molecule has 0 spiro atoms. The summed E-state index contributed by atoms with van der Waals surface area (Å²) in [7, 11) is -2.32. The van der Waals surface area contributed by atoms with E-state index in [2.05, 4.69) is 19.8 Å². The van der Waals surface area contributed by atoms with Gasteiger partial charge in [-0.15, -0.1) is 0 Å². The van der Waals surface area contributed by atoms with Gasteiger partial charge in [0.2, 0.25) is 11.8 Å². The molecule has 2 aromatic heterocycles. The fourth-order valence-corrected chi connectivity index (χ4v) is 4.64. The summed E-state index contributed by atoms with van der Waals surface area (Å²) >= 11 is 0. The van der Waals surface area contributed by atoms with Gasteiger partial charge in [0.25, 0.3) is 10.0 Å². The summed E-state index contributed by atoms with van der Waals surface area (Å²) in [6.07, 6.45) is 4.95. The third kappa shape index (κ3) is 5.05. The number of ether oxygens (including phenoxy) is 1. The first-order valence-electron chi connectivity index (χ1n) is 10.2. The number of rotatable bonds is 7. The second kappa shape index (κ2) is 8.95. The van der Waals surface area contributed by atoms with Crippen molar-refractivity contribution >= 4 is 21.9 Å². The van der Waals surface area contributed by atoms with Crippen molar-refractivity contribution in [3.05, 3.63) is 54.5 Å². The van der Waals surface area contributed by atoms with Crippen molar-refractivity contribution in [2.24, 2.45) is 13.0 Å². The van der Waals surface area contributed by atoms with E-state index in [1.54, 1.807) is 25.2 Å². The van der Waals surface area contributed by atoms with Gasteiger partial charge in [0, 0.05) is 25.2 Å². The Hall–Kier alpha value is -3.47. The van der Waals surface area contributed by atoms with E-state index in [0.29, 0.717) is 37.1 Å². The van der Waals surface area contributed by atoms with E-state index in [-0.39, 0.29) is 28.6 Å². The van der Waals surface area contributed by atoms with Gasteiger partial charge >= 0.3 is 5.97 Å². The zero-order valence-electron chi connectivity index (χ0n) is 17.4. The van der Waals surface area contributed by atoms with E-state index in [4.69, 9.17) is 4.74 Å². The number of anilines is 1. The standard InChI is InChI=1S/C21H23N5O5S/c1-26-13-17(12-22-26)32(29,30)25-21-23-18(14-7-9-15(10-8-14)20(27)28)11-19(24-21)31-16-5-3-2-4-6-16/h2-6,11-15H,7-10H2,1H3,(H,27,28)(H,23,24,25). The van der Waals surface area contributed by atoms with Gasteiger partial charge in [0.1, 0.15) is 10.6 Å². The number of carboxylic acid groups (broad SMARTS) is 1. The Morgan fingerprint density at radius 3 is 2.50 bits per heavy atom. The average Bonchev–Trinajstić information content (AvgIpc) is 3.21. The normalized spacial score (nSPS) is 18.8. The minimum absolute atomic E-state index is 0.0125. The summed E-state index contributed by atoms with van der Waals surface area (Å²) in [6, 6.07) is 10.7. The number of benzene rings is 1. The third-order valence-electron chi connectivity index (χ3n) is 5.40. The van der Waals surface area contributed by atoms with Crippen molar-refractivity contribution in [1.29, 1.82) is 0 Å². The van der Waals surface area contributed by atoms with Crippen molar-refractivity contribution in [2.45, 2.75) is 36.5 Å². The fourth-order valence-electron chi connectivity index (χ4n) is 3.71. The van der Waals surface area contributed by atoms with Gasteiger partial charge in [-0.25, -0.2) is 18.1 Å². The van der Waals surface area contributed by atoms with Crippen LogP contribution in [0, 0.1) is 5.92 Å². The van der Waals surface area contributed by atoms with Crippen LogP contribution in [0.15, 0.2) is 53.7 Å². The van der Waals surface area contributed by atoms with E-state index < -0.39 is 16.0 Å². The van der Waals surface area contributed by atoms with Gasteiger partial charge < -0.3 is 9.84 Å². The summed E-state index contributed by atoms with van der Waals surface area (Å²) in [4.78, 5) is 19.9. The van der Waals surface area contributed by atoms with E-state index in [1.165, 1.54) is 17.1 Å². The van der Waals surface area contributed by atoms with Crippen LogP contribution in [0.3, 0.4) is 0 Å². The van der Waals surface area contributed by atoms with E-state index in [9.17, 15) is 18.3 Å². The van der Waals surface area contributed by atoms with Crippen LogP contribution >= 0.6 is 0 Å². The maximum Gasteiger partial charge on any atom is 0.306 e. The number of aromatic nitrogens is 4. The molecule has 10 nitrogen and oxygen atoms in total. The summed E-state index contributed by atoms with van der Waals surface area (Å²) in [5, 5.41) is 13.2. The maximum atomic E-state index is 12.7. The third-order valence-corrected chi connectivity index (χ3v) is 6.68. The Labute approximate surface area is 185 Å². The zero-order valence-corrected chi connectivity index (χ0v) is 18.2. The SMILES string of the molecule is Cn1cc(S(=O)(=O)Nc2nc(Oc3ccccc3)cc(C3CCC(C(=O)O)CC3)n2)cn1. The maximum absolute atomic E-state index is 12.7. The van der Waals surface area contributed by atoms with Gasteiger partial charge in [-0.3, -0.25) is 9.48 Å². The molecule has 3 aromatic rings. The van der Waals surface area contributed by atoms with Gasteiger partial charge in [-0.1, -0.05) is 18.2 Å². The molecular formula is C21H23N5O5S. The highest BCUT2D eigenvalue weighted by Crippen LogP contribution is 2.37. The Morgan fingerprint density at radius 2 is 1.88 bits per heavy atom. The number of para-hydroxylation sites is 1.